The van der Waals surface area contributed by atoms with Crippen LogP contribution in [0.2, 0.25) is 0 Å². The molecule has 0 aliphatic carbocycles. The molecule has 2 nitrogen and oxygen atoms in total. The van der Waals surface area contributed by atoms with Gasteiger partial charge in [-0.2, -0.15) is 0 Å². The maximum absolute atomic E-state index is 6.71. The third-order valence-electron chi connectivity index (χ3n) is 0.576. The van der Waals surface area contributed by atoms with Crippen LogP contribution in [-0.4, -0.2) is 11.9 Å². The summed E-state index contributed by atoms with van der Waals surface area (Å²) >= 11 is 0. The van der Waals surface area contributed by atoms with Crippen LogP contribution >= 0.6 is 0 Å². The van der Waals surface area contributed by atoms with Crippen LogP contribution < -0.4 is 0 Å². The van der Waals surface area contributed by atoms with Crippen molar-refractivity contribution in [3.8, 4) is 0 Å². The van der Waals surface area contributed by atoms with Crippen LogP contribution in [-0.2, 0) is 0 Å². The number of allylic oxidation sites excluding steroid dienone is 1. The van der Waals surface area contributed by atoms with Crippen LogP contribution in [0.25, 0.3) is 0 Å². The Morgan fingerprint density at radius 3 is 2.25 bits per heavy atom. The first-order chi connectivity index (χ1) is 3.66. The van der Waals surface area contributed by atoms with E-state index in [-0.39, 0.29) is 0 Å². The summed E-state index contributed by atoms with van der Waals surface area (Å²) in [5.41, 5.74) is 1.43. The van der Waals surface area contributed by atoms with Gasteiger partial charge in [0.05, 0.1) is 5.71 Å². The zero-order valence-corrected chi connectivity index (χ0v) is 5.23. The van der Waals surface area contributed by atoms with Gasteiger partial charge in [0.1, 0.15) is 0 Å². The molecule has 0 atom stereocenters. The fraction of sp³-hybridized carbons (Fsp3) is 0.333. The molecule has 0 bridgehead atoms. The molecule has 2 heteroatoms. The van der Waals surface area contributed by atoms with Crippen molar-refractivity contribution < 1.29 is 0 Å². The van der Waals surface area contributed by atoms with Crippen molar-refractivity contribution in [2.24, 2.45) is 4.99 Å². The van der Waals surface area contributed by atoms with Gasteiger partial charge in [0, 0.05) is 11.9 Å². The van der Waals surface area contributed by atoms with E-state index in [0.717, 1.165) is 5.70 Å². The molecule has 0 aliphatic rings. The molecule has 0 spiro atoms. The molecule has 1 N–H and O–H groups in total. The van der Waals surface area contributed by atoms with Crippen LogP contribution in [0, 0.1) is 5.41 Å². The van der Waals surface area contributed by atoms with E-state index in [1.807, 2.05) is 0 Å². The van der Waals surface area contributed by atoms with Crippen molar-refractivity contribution in [3.63, 3.8) is 0 Å². The molecule has 8 heavy (non-hydrogen) atoms. The third-order valence-corrected chi connectivity index (χ3v) is 0.576. The maximum Gasteiger partial charge on any atom is 0.0550 e. The summed E-state index contributed by atoms with van der Waals surface area (Å²) in [6, 6.07) is 0. The first-order valence-electron chi connectivity index (χ1n) is 2.38. The van der Waals surface area contributed by atoms with E-state index in [1.54, 1.807) is 13.8 Å². The molecule has 0 amide bonds. The van der Waals surface area contributed by atoms with Gasteiger partial charge in [-0.1, -0.05) is 6.58 Å². The summed E-state index contributed by atoms with van der Waals surface area (Å²) in [5, 5.41) is 6.71. The Bertz CT molecular complexity index is 133. The largest absolute Gasteiger partial charge is 0.307 e. The van der Waals surface area contributed by atoms with Gasteiger partial charge in [0.2, 0.25) is 0 Å². The summed E-state index contributed by atoms with van der Waals surface area (Å²) in [6.45, 7) is 7.12. The molecule has 0 aromatic carbocycles. The zero-order chi connectivity index (χ0) is 6.57. The predicted molar refractivity (Wildman–Crippen MR) is 36.7 cm³/mol. The molecule has 44 valence electrons. The average Bonchev–Trinajstić information content (AvgIpc) is 1.65. The summed E-state index contributed by atoms with van der Waals surface area (Å²) in [7, 11) is 0. The fourth-order valence-corrected chi connectivity index (χ4v) is 0.333. The lowest BCUT2D eigenvalue weighted by atomic mass is 10.4. The number of aliphatic imine (C=N–C) groups is 1. The zero-order valence-electron chi connectivity index (χ0n) is 5.23. The second kappa shape index (κ2) is 3.13. The molecule has 0 aromatic rings. The highest BCUT2D eigenvalue weighted by molar-refractivity contribution is 6.28. The SMILES string of the molecule is C=C(C)N=C(C)C=N. The van der Waals surface area contributed by atoms with E-state index in [1.165, 1.54) is 6.21 Å². The third kappa shape index (κ3) is 3.28. The highest BCUT2D eigenvalue weighted by atomic mass is 14.7. The Morgan fingerprint density at radius 1 is 1.62 bits per heavy atom. The van der Waals surface area contributed by atoms with Crippen molar-refractivity contribution >= 4 is 11.9 Å². The highest BCUT2D eigenvalue weighted by Crippen LogP contribution is 1.87. The summed E-state index contributed by atoms with van der Waals surface area (Å²) in [4.78, 5) is 3.88. The molecule has 0 aromatic heterocycles. The second-order valence-electron chi connectivity index (χ2n) is 1.63. The van der Waals surface area contributed by atoms with Crippen LogP contribution in [0.15, 0.2) is 17.3 Å². The van der Waals surface area contributed by atoms with Crippen molar-refractivity contribution in [1.29, 1.82) is 5.41 Å². The first kappa shape index (κ1) is 7.08. The van der Waals surface area contributed by atoms with Gasteiger partial charge in [-0.05, 0) is 13.8 Å². The Morgan fingerprint density at radius 2 is 2.12 bits per heavy atom. The van der Waals surface area contributed by atoms with E-state index in [0.29, 0.717) is 5.71 Å². The van der Waals surface area contributed by atoms with Gasteiger partial charge in [-0.3, -0.25) is 4.99 Å². The average molecular weight is 110 g/mol. The van der Waals surface area contributed by atoms with Crippen molar-refractivity contribution in [1.82, 2.24) is 0 Å². The van der Waals surface area contributed by atoms with Gasteiger partial charge in [0.25, 0.3) is 0 Å². The van der Waals surface area contributed by atoms with Crippen molar-refractivity contribution in [2.45, 2.75) is 13.8 Å². The first-order valence-corrected chi connectivity index (χ1v) is 2.38. The van der Waals surface area contributed by atoms with Crippen LogP contribution in [0.1, 0.15) is 13.8 Å². The fourth-order valence-electron chi connectivity index (χ4n) is 0.333. The molecular weight excluding hydrogens is 100 g/mol. The van der Waals surface area contributed by atoms with Gasteiger partial charge in [-0.25, -0.2) is 0 Å². The maximum atomic E-state index is 6.71. The van der Waals surface area contributed by atoms with Crippen molar-refractivity contribution in [2.75, 3.05) is 0 Å². The Labute approximate surface area is 49.5 Å². The lowest BCUT2D eigenvalue weighted by Crippen LogP contribution is -1.89. The van der Waals surface area contributed by atoms with Crippen LogP contribution in [0.4, 0.5) is 0 Å². The number of hydrogen-bond donors (Lipinski definition) is 1. The molecule has 0 saturated carbocycles. The van der Waals surface area contributed by atoms with E-state index in [4.69, 9.17) is 5.41 Å². The van der Waals surface area contributed by atoms with E-state index in [9.17, 15) is 0 Å². The molecule has 0 fully saturated rings. The van der Waals surface area contributed by atoms with Crippen LogP contribution in [0.5, 0.6) is 0 Å². The smallest absolute Gasteiger partial charge is 0.0550 e. The standard InChI is InChI=1S/C6H10N2/c1-5(2)8-6(3)4-7/h4,7H,1H2,2-3H3. The second-order valence-corrected chi connectivity index (χ2v) is 1.63. The molecule has 0 heterocycles. The lowest BCUT2D eigenvalue weighted by Gasteiger charge is -1.86. The number of rotatable bonds is 2. The normalized spacial score (nSPS) is 11.0. The monoisotopic (exact) mass is 110 g/mol. The number of hydrogen-bond acceptors (Lipinski definition) is 2. The number of nitrogens with zero attached hydrogens (tertiary/aromatic N) is 1. The Hall–Kier alpha value is -0.920. The van der Waals surface area contributed by atoms with Crippen molar-refractivity contribution in [3.05, 3.63) is 12.3 Å². The highest BCUT2D eigenvalue weighted by Gasteiger charge is 1.79. The van der Waals surface area contributed by atoms with Gasteiger partial charge in [-0.15, -0.1) is 0 Å². The summed E-state index contributed by atoms with van der Waals surface area (Å²) in [6.07, 6.45) is 1.20. The molecule has 0 saturated heterocycles. The lowest BCUT2D eigenvalue weighted by molar-refractivity contribution is 1.33. The molecule has 0 unspecified atom stereocenters. The molecule has 0 rings (SSSR count). The predicted octanol–water partition coefficient (Wildman–Crippen LogP) is 1.63. The quantitative estimate of drug-likeness (QED) is 0.524. The van der Waals surface area contributed by atoms with Gasteiger partial charge < -0.3 is 5.41 Å². The summed E-state index contributed by atoms with van der Waals surface area (Å²) in [5.74, 6) is 0. The minimum Gasteiger partial charge on any atom is -0.307 e. The van der Waals surface area contributed by atoms with Crippen LogP contribution in [0.3, 0.4) is 0 Å². The minimum atomic E-state index is 0.692. The summed E-state index contributed by atoms with van der Waals surface area (Å²) < 4.78 is 0. The molecular formula is C6H10N2. The number of nitrogens with one attached hydrogen (secondary N) is 1. The topological polar surface area (TPSA) is 36.2 Å². The van der Waals surface area contributed by atoms with Gasteiger partial charge >= 0.3 is 0 Å². The van der Waals surface area contributed by atoms with E-state index in [2.05, 4.69) is 11.6 Å². The van der Waals surface area contributed by atoms with E-state index >= 15 is 0 Å². The van der Waals surface area contributed by atoms with Gasteiger partial charge in [0.15, 0.2) is 0 Å². The Kier molecular flexibility index (Phi) is 2.77. The molecule has 0 radical (unpaired) electrons. The minimum absolute atomic E-state index is 0.692. The Balaban J connectivity index is 3.94. The van der Waals surface area contributed by atoms with E-state index < -0.39 is 0 Å². The molecule has 0 aliphatic heterocycles.